The number of rotatable bonds is 3. The number of aryl methyl sites for hydroxylation is 1. The molecule has 7 rings (SSSR count). The van der Waals surface area contributed by atoms with E-state index in [1.165, 1.54) is 0 Å². The van der Waals surface area contributed by atoms with Crippen LogP contribution in [0.2, 0.25) is 10.0 Å². The number of para-hydroxylation sites is 1. The van der Waals surface area contributed by atoms with Crippen LogP contribution in [0.4, 0.5) is 11.4 Å². The van der Waals surface area contributed by atoms with Crippen molar-refractivity contribution < 1.29 is 14.4 Å². The Morgan fingerprint density at radius 1 is 0.974 bits per heavy atom. The maximum atomic E-state index is 14.7. The zero-order valence-electron chi connectivity index (χ0n) is 20.7. The second-order valence-corrected chi connectivity index (χ2v) is 11.4. The predicted molar refractivity (Wildman–Crippen MR) is 147 cm³/mol. The van der Waals surface area contributed by atoms with Crippen LogP contribution in [0.1, 0.15) is 46.8 Å². The lowest BCUT2D eigenvalue weighted by molar-refractivity contribution is -0.137. The van der Waals surface area contributed by atoms with E-state index in [1.807, 2.05) is 42.5 Å². The van der Waals surface area contributed by atoms with E-state index in [0.29, 0.717) is 40.5 Å². The topological polar surface area (TPSA) is 78.5 Å². The van der Waals surface area contributed by atoms with Crippen LogP contribution in [0.25, 0.3) is 0 Å². The summed E-state index contributed by atoms with van der Waals surface area (Å²) in [6, 6.07) is 17.9. The number of carbonyl (C=O) groups excluding carboxylic acids is 3. The Balaban J connectivity index is 1.59. The second-order valence-electron chi connectivity index (χ2n) is 10.6. The van der Waals surface area contributed by atoms with Crippen molar-refractivity contribution in [3.05, 3.63) is 93.0 Å². The third kappa shape index (κ3) is 2.70. The van der Waals surface area contributed by atoms with Crippen LogP contribution < -0.4 is 10.6 Å². The van der Waals surface area contributed by atoms with E-state index in [1.54, 1.807) is 18.2 Å². The minimum atomic E-state index is -1.49. The highest BCUT2D eigenvalue weighted by atomic mass is 35.5. The van der Waals surface area contributed by atoms with Crippen molar-refractivity contribution >= 4 is 52.2 Å². The van der Waals surface area contributed by atoms with Crippen LogP contribution >= 0.6 is 23.2 Å². The Morgan fingerprint density at radius 3 is 2.53 bits per heavy atom. The zero-order chi connectivity index (χ0) is 26.4. The average molecular weight is 546 g/mol. The second kappa shape index (κ2) is 8.15. The monoisotopic (exact) mass is 545 g/mol. The molecule has 4 aliphatic rings. The molecule has 3 aromatic rings. The van der Waals surface area contributed by atoms with Gasteiger partial charge in [0.2, 0.25) is 5.91 Å². The lowest BCUT2D eigenvalue weighted by atomic mass is 9.57. The molecule has 2 saturated heterocycles. The molecule has 0 aromatic heterocycles. The summed E-state index contributed by atoms with van der Waals surface area (Å²) in [5, 5.41) is 6.82. The van der Waals surface area contributed by atoms with E-state index in [4.69, 9.17) is 23.2 Å². The summed E-state index contributed by atoms with van der Waals surface area (Å²) in [6.07, 6.45) is 2.29. The molecule has 2 N–H and O–H groups in total. The first kappa shape index (κ1) is 23.9. The van der Waals surface area contributed by atoms with Crippen molar-refractivity contribution in [1.29, 1.82) is 0 Å². The molecule has 4 aliphatic heterocycles. The summed E-state index contributed by atoms with van der Waals surface area (Å²) in [4.78, 5) is 45.8. The number of nitrogens with zero attached hydrogens (tertiary/aromatic N) is 1. The fourth-order valence-corrected chi connectivity index (χ4v) is 8.20. The van der Waals surface area contributed by atoms with Crippen LogP contribution in [-0.2, 0) is 27.0 Å². The quantitative estimate of drug-likeness (QED) is 0.421. The first-order valence-electron chi connectivity index (χ1n) is 13.0. The molecule has 192 valence electrons. The fourth-order valence-electron chi connectivity index (χ4n) is 7.70. The van der Waals surface area contributed by atoms with Crippen LogP contribution in [0.15, 0.2) is 60.7 Å². The first-order valence-corrected chi connectivity index (χ1v) is 13.7. The number of ketones is 1. The van der Waals surface area contributed by atoms with Gasteiger partial charge < -0.3 is 10.6 Å². The summed E-state index contributed by atoms with van der Waals surface area (Å²) in [5.41, 5.74) is 1.25. The molecule has 3 aromatic carbocycles. The van der Waals surface area contributed by atoms with Gasteiger partial charge in [-0.25, -0.2) is 0 Å². The third-order valence-corrected chi connectivity index (χ3v) is 9.60. The van der Waals surface area contributed by atoms with Crippen molar-refractivity contribution in [2.75, 3.05) is 17.2 Å². The zero-order valence-corrected chi connectivity index (χ0v) is 22.2. The summed E-state index contributed by atoms with van der Waals surface area (Å²) in [7, 11) is 0. The highest BCUT2D eigenvalue weighted by molar-refractivity contribution is 6.37. The Kier molecular flexibility index (Phi) is 5.13. The highest BCUT2D eigenvalue weighted by Gasteiger charge is 2.81. The van der Waals surface area contributed by atoms with Gasteiger partial charge in [-0.1, -0.05) is 60.5 Å². The van der Waals surface area contributed by atoms with Gasteiger partial charge in [0, 0.05) is 33.6 Å². The molecule has 0 unspecified atom stereocenters. The summed E-state index contributed by atoms with van der Waals surface area (Å²) >= 11 is 12.7. The number of carbonyl (C=O) groups is 3. The molecule has 4 heterocycles. The van der Waals surface area contributed by atoms with Crippen molar-refractivity contribution in [3.8, 4) is 0 Å². The minimum Gasteiger partial charge on any atom is -0.325 e. The Hall–Kier alpha value is -3.19. The lowest BCUT2D eigenvalue weighted by Gasteiger charge is -2.43. The number of nitrogens with one attached hydrogen (secondary N) is 2. The molecule has 0 radical (unpaired) electrons. The van der Waals surface area contributed by atoms with Crippen LogP contribution in [-0.4, -0.2) is 35.1 Å². The number of anilines is 2. The number of Topliss-reactive ketones (excluding diaryl/α,β-unsaturated/α-hetero) is 1. The summed E-state index contributed by atoms with van der Waals surface area (Å²) in [6.45, 7) is 2.66. The average Bonchev–Trinajstić information content (AvgIpc) is 3.62. The smallest absolute Gasteiger partial charge is 0.251 e. The number of fused-ring (bicyclic) bond motifs is 7. The van der Waals surface area contributed by atoms with Gasteiger partial charge in [0.1, 0.15) is 11.0 Å². The van der Waals surface area contributed by atoms with Crippen LogP contribution in [0, 0.1) is 5.92 Å². The Labute approximate surface area is 230 Å². The number of benzene rings is 3. The van der Waals surface area contributed by atoms with Gasteiger partial charge in [0.25, 0.3) is 5.91 Å². The van der Waals surface area contributed by atoms with E-state index >= 15 is 0 Å². The van der Waals surface area contributed by atoms with Crippen molar-refractivity contribution in [2.45, 2.75) is 43.2 Å². The summed E-state index contributed by atoms with van der Waals surface area (Å²) < 4.78 is 0. The largest absolute Gasteiger partial charge is 0.325 e. The van der Waals surface area contributed by atoms with Gasteiger partial charge in [-0.2, -0.15) is 0 Å². The SMILES string of the molecule is CCc1ccc2c(c1)[C@]1(C(=O)N2)N2CCC[C@H]2[C@@H](C(=O)c2ccc(Cl)cc2Cl)[C@]12C(=O)Nc1ccccc12. The molecule has 2 spiro atoms. The number of amides is 2. The Bertz CT molecular complexity index is 1570. The van der Waals surface area contributed by atoms with Crippen molar-refractivity contribution in [3.63, 3.8) is 0 Å². The van der Waals surface area contributed by atoms with Crippen LogP contribution in [0.5, 0.6) is 0 Å². The maximum absolute atomic E-state index is 14.7. The van der Waals surface area contributed by atoms with E-state index in [0.717, 1.165) is 24.0 Å². The van der Waals surface area contributed by atoms with Gasteiger partial charge >= 0.3 is 0 Å². The molecule has 4 atom stereocenters. The lowest BCUT2D eigenvalue weighted by Crippen LogP contribution is -2.62. The van der Waals surface area contributed by atoms with Gasteiger partial charge in [0.15, 0.2) is 5.78 Å². The number of hydrogen-bond acceptors (Lipinski definition) is 4. The van der Waals surface area contributed by atoms with E-state index in [2.05, 4.69) is 22.5 Å². The fraction of sp³-hybridized carbons (Fsp3) is 0.300. The molecule has 6 nitrogen and oxygen atoms in total. The molecular weight excluding hydrogens is 521 g/mol. The molecule has 2 amide bonds. The molecule has 0 bridgehead atoms. The molecule has 8 heteroatoms. The maximum Gasteiger partial charge on any atom is 0.251 e. The van der Waals surface area contributed by atoms with E-state index in [9.17, 15) is 14.4 Å². The number of halogens is 2. The van der Waals surface area contributed by atoms with E-state index < -0.39 is 16.9 Å². The molecular formula is C30H25Cl2N3O3. The third-order valence-electron chi connectivity index (χ3n) is 9.05. The van der Waals surface area contributed by atoms with Crippen LogP contribution in [0.3, 0.4) is 0 Å². The standard InChI is InChI=1S/C30H25Cl2N3O3/c1-2-16-9-12-23-20(14-16)30(28(38)34-23)29(19-6-3-4-7-22(19)33-27(29)37)25(24-8-5-13-35(24)30)26(36)18-11-10-17(31)15-21(18)32/h3-4,6-7,9-12,14-15,24-25H,2,5,8,13H2,1H3,(H,33,37)(H,34,38)/t24-,25-,29+,30+/m0/s1. The molecule has 0 aliphatic carbocycles. The molecule has 38 heavy (non-hydrogen) atoms. The minimum absolute atomic E-state index is 0.236. The van der Waals surface area contributed by atoms with Crippen molar-refractivity contribution in [2.24, 2.45) is 5.92 Å². The first-order chi connectivity index (χ1) is 18.3. The summed E-state index contributed by atoms with van der Waals surface area (Å²) in [5.74, 6) is -1.69. The molecule has 2 fully saturated rings. The van der Waals surface area contributed by atoms with Gasteiger partial charge in [-0.3, -0.25) is 19.3 Å². The van der Waals surface area contributed by atoms with Gasteiger partial charge in [0.05, 0.1) is 10.9 Å². The van der Waals surface area contributed by atoms with Gasteiger partial charge in [-0.15, -0.1) is 0 Å². The highest BCUT2D eigenvalue weighted by Crippen LogP contribution is 2.68. The Morgan fingerprint density at radius 2 is 1.74 bits per heavy atom. The number of hydrogen-bond donors (Lipinski definition) is 2. The van der Waals surface area contributed by atoms with Crippen molar-refractivity contribution in [1.82, 2.24) is 4.90 Å². The van der Waals surface area contributed by atoms with Gasteiger partial charge in [-0.05, 0) is 67.3 Å². The molecule has 0 saturated carbocycles. The normalized spacial score (nSPS) is 28.9. The van der Waals surface area contributed by atoms with E-state index in [-0.39, 0.29) is 28.7 Å². The predicted octanol–water partition coefficient (Wildman–Crippen LogP) is 5.57.